The number of cyclic esters (lactones) is 1. The van der Waals surface area contributed by atoms with Gasteiger partial charge in [-0.3, -0.25) is 14.4 Å². The number of aryl methyl sites for hydroxylation is 1. The minimum Gasteiger partial charge on any atom is -0.458 e. The summed E-state index contributed by atoms with van der Waals surface area (Å²) in [5.41, 5.74) is 1.34. The molecule has 2 amide bonds. The van der Waals surface area contributed by atoms with Crippen molar-refractivity contribution in [3.05, 3.63) is 119 Å². The molecule has 10 atom stereocenters. The number of ether oxygens (including phenoxy) is 2. The van der Waals surface area contributed by atoms with Gasteiger partial charge in [0.1, 0.15) is 18.4 Å². The number of aliphatic hydroxyl groups is 2. The van der Waals surface area contributed by atoms with Gasteiger partial charge in [-0.2, -0.15) is 0 Å². The number of fused-ring (bicyclic) bond motifs is 5. The number of Topliss-reactive ketones (excluding diaryl/α,β-unsaturated/α-hetero) is 1. The first kappa shape index (κ1) is 50.3. The van der Waals surface area contributed by atoms with Gasteiger partial charge in [0.25, 0.3) is 0 Å². The third kappa shape index (κ3) is 9.97. The number of hydrogen-bond donors (Lipinski definition) is 4. The van der Waals surface area contributed by atoms with Crippen LogP contribution >= 0.6 is 0 Å². The van der Waals surface area contributed by atoms with E-state index in [1.165, 1.54) is 0 Å². The van der Waals surface area contributed by atoms with Gasteiger partial charge in [0.05, 0.1) is 11.7 Å². The summed E-state index contributed by atoms with van der Waals surface area (Å²) in [6.07, 6.45) is 11.5. The normalized spacial score (nSPS) is 29.9. The summed E-state index contributed by atoms with van der Waals surface area (Å²) in [5.74, 6) is -0.577. The van der Waals surface area contributed by atoms with Crippen molar-refractivity contribution in [2.45, 2.75) is 166 Å². The van der Waals surface area contributed by atoms with Gasteiger partial charge in [0.15, 0.2) is 5.60 Å². The standard InChI is InChI=1S/C58H74N2O9/c1-5-49(54(66)69-58(40-16-10-8-11-17-40,41-18-12-9-13-19-41)42-24-22-38(2)23-25-42)60-51(63)21-15-7-6-14-20-45(61)27-29-52(64)59-44-30-32-55(3)43(35-44)26-28-47-48(55)36-50(62)56(4)46(31-33-57(47,56)67)39-34-53(65)68-37-39/h8-13,16-19,22-25,34,43-44,46-50,62,67H,5-7,14-15,20-21,26-33,35-37H2,1-4H3,(H,59,64)(H,60,63)/t43-,44+,46?,47-,48+,49?,50-,55+,56+,57+/m1/s1. The molecule has 4 N–H and O–H groups in total. The van der Waals surface area contributed by atoms with Crippen LogP contribution in [0.15, 0.2) is 96.6 Å². The fourth-order valence-electron chi connectivity index (χ4n) is 13.8. The molecule has 2 unspecified atom stereocenters. The number of benzene rings is 3. The van der Waals surface area contributed by atoms with Crippen molar-refractivity contribution < 1.29 is 43.7 Å². The molecule has 1 heterocycles. The van der Waals surface area contributed by atoms with Gasteiger partial charge in [-0.25, -0.2) is 9.59 Å². The molecule has 3 aromatic rings. The van der Waals surface area contributed by atoms with Crippen LogP contribution < -0.4 is 10.6 Å². The topological polar surface area (TPSA) is 168 Å². The fourth-order valence-corrected chi connectivity index (χ4v) is 13.8. The summed E-state index contributed by atoms with van der Waals surface area (Å²) >= 11 is 0. The summed E-state index contributed by atoms with van der Waals surface area (Å²) in [7, 11) is 0. The Morgan fingerprint density at radius 1 is 0.768 bits per heavy atom. The first-order valence-electron chi connectivity index (χ1n) is 25.9. The van der Waals surface area contributed by atoms with E-state index in [9.17, 15) is 34.2 Å². The average molecular weight is 943 g/mol. The van der Waals surface area contributed by atoms with Gasteiger partial charge in [-0.15, -0.1) is 0 Å². The molecule has 11 heteroatoms. The van der Waals surface area contributed by atoms with Crippen molar-refractivity contribution in [3.8, 4) is 0 Å². The molecule has 1 aliphatic heterocycles. The Bertz CT molecular complexity index is 2310. The second-order valence-corrected chi connectivity index (χ2v) is 21.6. The highest BCUT2D eigenvalue weighted by Gasteiger charge is 2.70. The first-order chi connectivity index (χ1) is 33.1. The van der Waals surface area contributed by atoms with Crippen LogP contribution in [0.2, 0.25) is 0 Å². The molecule has 0 bridgehead atoms. The average Bonchev–Trinajstić information content (AvgIpc) is 3.91. The quantitative estimate of drug-likeness (QED) is 0.0521. The molecule has 4 aliphatic carbocycles. The number of nitrogens with one attached hydrogen (secondary N) is 2. The lowest BCUT2D eigenvalue weighted by Crippen LogP contribution is -2.67. The van der Waals surface area contributed by atoms with Crippen LogP contribution in [0, 0.1) is 41.4 Å². The van der Waals surface area contributed by atoms with Gasteiger partial charge in [-0.05, 0) is 112 Å². The molecule has 0 aromatic heterocycles. The predicted octanol–water partition coefficient (Wildman–Crippen LogP) is 9.13. The molecule has 0 spiro atoms. The molecule has 11 nitrogen and oxygen atoms in total. The van der Waals surface area contributed by atoms with E-state index in [1.54, 1.807) is 6.08 Å². The Hall–Kier alpha value is -5.13. The van der Waals surface area contributed by atoms with E-state index in [-0.39, 0.29) is 78.6 Å². The van der Waals surface area contributed by atoms with Crippen LogP contribution in [0.4, 0.5) is 0 Å². The van der Waals surface area contributed by atoms with Gasteiger partial charge < -0.3 is 30.3 Å². The number of carbonyl (C=O) groups is 5. The number of unbranched alkanes of at least 4 members (excludes halogenated alkanes) is 3. The molecule has 0 radical (unpaired) electrons. The number of hydrogen-bond acceptors (Lipinski definition) is 9. The lowest BCUT2D eigenvalue weighted by Gasteiger charge is -2.65. The van der Waals surface area contributed by atoms with E-state index in [1.807, 2.05) is 106 Å². The number of carbonyl (C=O) groups excluding carboxylic acids is 5. The molecule has 370 valence electrons. The van der Waals surface area contributed by atoms with Gasteiger partial charge in [0, 0.05) is 59.9 Å². The third-order valence-electron chi connectivity index (χ3n) is 17.8. The van der Waals surface area contributed by atoms with Crippen molar-refractivity contribution >= 4 is 29.5 Å². The van der Waals surface area contributed by atoms with E-state index >= 15 is 0 Å². The minimum absolute atomic E-state index is 0.0399. The molecule has 3 aromatic carbocycles. The lowest BCUT2D eigenvalue weighted by atomic mass is 9.42. The monoisotopic (exact) mass is 943 g/mol. The van der Waals surface area contributed by atoms with E-state index in [2.05, 4.69) is 17.6 Å². The Kier molecular flexibility index (Phi) is 15.3. The summed E-state index contributed by atoms with van der Waals surface area (Å²) in [6, 6.07) is 26.6. The highest BCUT2D eigenvalue weighted by molar-refractivity contribution is 5.86. The molecule has 4 saturated carbocycles. The van der Waals surface area contributed by atoms with E-state index in [4.69, 9.17) is 9.47 Å². The molecular weight excluding hydrogens is 869 g/mol. The second kappa shape index (κ2) is 21.1. The smallest absolute Gasteiger partial charge is 0.331 e. The lowest BCUT2D eigenvalue weighted by molar-refractivity contribution is -0.243. The van der Waals surface area contributed by atoms with Crippen LogP contribution in [0.1, 0.15) is 152 Å². The largest absolute Gasteiger partial charge is 0.458 e. The number of esters is 2. The van der Waals surface area contributed by atoms with Crippen LogP contribution in [-0.4, -0.2) is 70.1 Å². The zero-order chi connectivity index (χ0) is 49.0. The number of aliphatic hydroxyl groups excluding tert-OH is 1. The van der Waals surface area contributed by atoms with Crippen LogP contribution in [0.5, 0.6) is 0 Å². The van der Waals surface area contributed by atoms with Gasteiger partial charge in [0.2, 0.25) is 11.8 Å². The van der Waals surface area contributed by atoms with Crippen molar-refractivity contribution in [1.82, 2.24) is 10.6 Å². The Labute approximate surface area is 408 Å². The molecule has 0 saturated heterocycles. The molecule has 5 aliphatic rings. The van der Waals surface area contributed by atoms with Gasteiger partial charge in [-0.1, -0.05) is 124 Å². The summed E-state index contributed by atoms with van der Waals surface area (Å²) < 4.78 is 11.8. The van der Waals surface area contributed by atoms with E-state index in [0.717, 1.165) is 79.2 Å². The molecule has 69 heavy (non-hydrogen) atoms. The number of rotatable bonds is 19. The number of ketones is 1. The van der Waals surface area contributed by atoms with Gasteiger partial charge >= 0.3 is 11.9 Å². The fraction of sp³-hybridized carbons (Fsp3) is 0.569. The zero-order valence-electron chi connectivity index (χ0n) is 41.2. The molecule has 8 rings (SSSR count). The summed E-state index contributed by atoms with van der Waals surface area (Å²) in [4.78, 5) is 65.2. The summed E-state index contributed by atoms with van der Waals surface area (Å²) in [6.45, 7) is 8.49. The van der Waals surface area contributed by atoms with E-state index in [0.29, 0.717) is 44.4 Å². The highest BCUT2D eigenvalue weighted by atomic mass is 16.6. The van der Waals surface area contributed by atoms with Crippen molar-refractivity contribution in [1.29, 1.82) is 0 Å². The maximum atomic E-state index is 14.1. The van der Waals surface area contributed by atoms with E-state index < -0.39 is 34.7 Å². The number of amides is 2. The maximum absolute atomic E-state index is 14.1. The van der Waals surface area contributed by atoms with Crippen LogP contribution in [-0.2, 0) is 39.0 Å². The third-order valence-corrected chi connectivity index (χ3v) is 17.8. The Balaban J connectivity index is 0.746. The molecular formula is C58H74N2O9. The van der Waals surface area contributed by atoms with Crippen molar-refractivity contribution in [2.24, 2.45) is 34.5 Å². The van der Waals surface area contributed by atoms with Crippen molar-refractivity contribution in [2.75, 3.05) is 6.61 Å². The summed E-state index contributed by atoms with van der Waals surface area (Å²) in [5, 5.41) is 30.6. The SMILES string of the molecule is CCC(NC(=O)CCCCCCC(=O)CCC(=O)N[C@H]1CC[C@@]2(C)[C@H](CC[C@@H]3[C@@H]2C[C@@H](O)[C@]2(C)C(C4=CC(=O)OC4)CC[C@]32O)C1)C(=O)OC(c1ccccc1)(c1ccccc1)c1ccc(C)cc1. The Morgan fingerprint density at radius 3 is 2.06 bits per heavy atom. The van der Waals surface area contributed by atoms with Crippen LogP contribution in [0.3, 0.4) is 0 Å². The first-order valence-corrected chi connectivity index (χ1v) is 25.9. The minimum atomic E-state index is -1.24. The predicted molar refractivity (Wildman–Crippen MR) is 263 cm³/mol. The van der Waals surface area contributed by atoms with Crippen molar-refractivity contribution in [3.63, 3.8) is 0 Å². The zero-order valence-corrected chi connectivity index (χ0v) is 41.2. The maximum Gasteiger partial charge on any atom is 0.331 e. The highest BCUT2D eigenvalue weighted by Crippen LogP contribution is 2.70. The Morgan fingerprint density at radius 2 is 1.42 bits per heavy atom. The second-order valence-electron chi connectivity index (χ2n) is 21.6. The van der Waals surface area contributed by atoms with Crippen LogP contribution in [0.25, 0.3) is 0 Å². The molecule has 4 fully saturated rings.